The molecule has 0 saturated carbocycles. The number of hydrogen-bond acceptors (Lipinski definition) is 5. The first-order chi connectivity index (χ1) is 10.1. The minimum atomic E-state index is 0.106. The highest BCUT2D eigenvalue weighted by atomic mass is 16.5. The molecule has 2 aromatic rings. The topological polar surface area (TPSA) is 64.3 Å². The summed E-state index contributed by atoms with van der Waals surface area (Å²) < 4.78 is 5.64. The van der Waals surface area contributed by atoms with Crippen LogP contribution in [0.1, 0.15) is 25.0 Å². The van der Waals surface area contributed by atoms with E-state index >= 15 is 0 Å². The van der Waals surface area contributed by atoms with Gasteiger partial charge in [-0.05, 0) is 37.5 Å². The molecule has 0 spiro atoms. The Bertz CT molecular complexity index is 642. The SMILES string of the molecule is CC(C)Oc1ccnc(N2CCc3c(N)cccc3C2)n1. The fourth-order valence-electron chi connectivity index (χ4n) is 2.60. The molecule has 1 aliphatic rings. The van der Waals surface area contributed by atoms with E-state index in [2.05, 4.69) is 20.9 Å². The van der Waals surface area contributed by atoms with Gasteiger partial charge in [0.15, 0.2) is 0 Å². The van der Waals surface area contributed by atoms with Crippen LogP contribution in [0.3, 0.4) is 0 Å². The van der Waals surface area contributed by atoms with Gasteiger partial charge >= 0.3 is 0 Å². The lowest BCUT2D eigenvalue weighted by Crippen LogP contribution is -2.32. The minimum absolute atomic E-state index is 0.106. The molecule has 2 heterocycles. The number of aromatic nitrogens is 2. The van der Waals surface area contributed by atoms with Crippen LogP contribution in [-0.4, -0.2) is 22.6 Å². The molecule has 5 heteroatoms. The fourth-order valence-corrected chi connectivity index (χ4v) is 2.60. The highest BCUT2D eigenvalue weighted by molar-refractivity contribution is 5.54. The summed E-state index contributed by atoms with van der Waals surface area (Å²) in [7, 11) is 0. The Morgan fingerprint density at radius 3 is 2.95 bits per heavy atom. The number of ether oxygens (including phenoxy) is 1. The summed E-state index contributed by atoms with van der Waals surface area (Å²) in [6, 6.07) is 7.87. The second kappa shape index (κ2) is 5.60. The van der Waals surface area contributed by atoms with E-state index in [9.17, 15) is 0 Å². The lowest BCUT2D eigenvalue weighted by atomic mass is 9.98. The molecule has 1 aromatic carbocycles. The zero-order chi connectivity index (χ0) is 14.8. The summed E-state index contributed by atoms with van der Waals surface area (Å²) in [5.41, 5.74) is 9.42. The zero-order valence-electron chi connectivity index (χ0n) is 12.4. The van der Waals surface area contributed by atoms with Crippen LogP contribution in [-0.2, 0) is 13.0 Å². The Labute approximate surface area is 124 Å². The molecule has 5 nitrogen and oxygen atoms in total. The van der Waals surface area contributed by atoms with Crippen molar-refractivity contribution < 1.29 is 4.74 Å². The lowest BCUT2D eigenvalue weighted by molar-refractivity contribution is 0.232. The van der Waals surface area contributed by atoms with Crippen LogP contribution in [0.2, 0.25) is 0 Å². The van der Waals surface area contributed by atoms with Crippen molar-refractivity contribution in [2.24, 2.45) is 0 Å². The van der Waals surface area contributed by atoms with Crippen molar-refractivity contribution in [3.63, 3.8) is 0 Å². The Balaban J connectivity index is 1.83. The Kier molecular flexibility index (Phi) is 3.64. The number of hydrogen-bond donors (Lipinski definition) is 1. The summed E-state index contributed by atoms with van der Waals surface area (Å²) in [6.07, 6.45) is 2.77. The number of rotatable bonds is 3. The molecular weight excluding hydrogens is 264 g/mol. The molecule has 0 atom stereocenters. The van der Waals surface area contributed by atoms with Crippen molar-refractivity contribution in [2.75, 3.05) is 17.2 Å². The van der Waals surface area contributed by atoms with Crippen LogP contribution in [0.4, 0.5) is 11.6 Å². The van der Waals surface area contributed by atoms with Crippen molar-refractivity contribution in [2.45, 2.75) is 32.9 Å². The molecule has 0 aliphatic carbocycles. The molecule has 0 fully saturated rings. The smallest absolute Gasteiger partial charge is 0.228 e. The monoisotopic (exact) mass is 284 g/mol. The van der Waals surface area contributed by atoms with Crippen LogP contribution >= 0.6 is 0 Å². The second-order valence-electron chi connectivity index (χ2n) is 5.52. The molecule has 3 rings (SSSR count). The maximum atomic E-state index is 6.03. The predicted molar refractivity (Wildman–Crippen MR) is 83.4 cm³/mol. The summed E-state index contributed by atoms with van der Waals surface area (Å²) >= 11 is 0. The number of anilines is 2. The van der Waals surface area contributed by atoms with Crippen molar-refractivity contribution in [3.05, 3.63) is 41.6 Å². The zero-order valence-corrected chi connectivity index (χ0v) is 12.4. The van der Waals surface area contributed by atoms with Gasteiger partial charge in [-0.3, -0.25) is 0 Å². The predicted octanol–water partition coefficient (Wildman–Crippen LogP) is 2.41. The molecule has 0 bridgehead atoms. The van der Waals surface area contributed by atoms with Gasteiger partial charge < -0.3 is 15.4 Å². The highest BCUT2D eigenvalue weighted by Gasteiger charge is 2.20. The van der Waals surface area contributed by atoms with Gasteiger partial charge in [0, 0.05) is 31.0 Å². The van der Waals surface area contributed by atoms with Gasteiger partial charge in [-0.2, -0.15) is 4.98 Å². The largest absolute Gasteiger partial charge is 0.475 e. The van der Waals surface area contributed by atoms with Gasteiger partial charge in [0.05, 0.1) is 6.10 Å². The summed E-state index contributed by atoms with van der Waals surface area (Å²) in [6.45, 7) is 5.63. The molecular formula is C16H20N4O. The molecule has 0 saturated heterocycles. The van der Waals surface area contributed by atoms with Crippen LogP contribution in [0.25, 0.3) is 0 Å². The van der Waals surface area contributed by atoms with Gasteiger partial charge in [0.1, 0.15) is 0 Å². The summed E-state index contributed by atoms with van der Waals surface area (Å²) in [5, 5.41) is 0. The molecule has 0 radical (unpaired) electrons. The second-order valence-corrected chi connectivity index (χ2v) is 5.52. The summed E-state index contributed by atoms with van der Waals surface area (Å²) in [4.78, 5) is 11.0. The first-order valence-electron chi connectivity index (χ1n) is 7.24. The van der Waals surface area contributed by atoms with Gasteiger partial charge in [0.25, 0.3) is 0 Å². The molecule has 0 unspecified atom stereocenters. The van der Waals surface area contributed by atoms with Crippen molar-refractivity contribution in [3.8, 4) is 5.88 Å². The Morgan fingerprint density at radius 2 is 2.14 bits per heavy atom. The van der Waals surface area contributed by atoms with E-state index in [1.54, 1.807) is 12.3 Å². The molecule has 21 heavy (non-hydrogen) atoms. The first kappa shape index (κ1) is 13.7. The molecule has 2 N–H and O–H groups in total. The summed E-state index contributed by atoms with van der Waals surface area (Å²) in [5.74, 6) is 1.33. The van der Waals surface area contributed by atoms with Gasteiger partial charge in [0.2, 0.25) is 11.8 Å². The Hall–Kier alpha value is -2.30. The van der Waals surface area contributed by atoms with E-state index in [1.807, 2.05) is 26.0 Å². The quantitative estimate of drug-likeness (QED) is 0.877. The fraction of sp³-hybridized carbons (Fsp3) is 0.375. The average Bonchev–Trinajstić information content (AvgIpc) is 2.47. The molecule has 1 aromatic heterocycles. The molecule has 110 valence electrons. The van der Waals surface area contributed by atoms with Crippen LogP contribution in [0.5, 0.6) is 5.88 Å². The highest BCUT2D eigenvalue weighted by Crippen LogP contribution is 2.26. The molecule has 0 amide bonds. The van der Waals surface area contributed by atoms with E-state index in [4.69, 9.17) is 10.5 Å². The molecule has 1 aliphatic heterocycles. The third-order valence-corrected chi connectivity index (χ3v) is 3.56. The van der Waals surface area contributed by atoms with E-state index < -0.39 is 0 Å². The number of nitrogens with zero attached hydrogens (tertiary/aromatic N) is 3. The van der Waals surface area contributed by atoms with Crippen molar-refractivity contribution in [1.29, 1.82) is 0 Å². The normalized spacial score (nSPS) is 14.1. The van der Waals surface area contributed by atoms with Gasteiger partial charge in [-0.15, -0.1) is 0 Å². The standard InChI is InChI=1S/C16H20N4O/c1-11(2)21-15-6-8-18-16(19-15)20-9-7-13-12(10-20)4-3-5-14(13)17/h3-6,8,11H,7,9-10,17H2,1-2H3. The maximum absolute atomic E-state index is 6.03. The Morgan fingerprint density at radius 1 is 1.29 bits per heavy atom. The van der Waals surface area contributed by atoms with E-state index in [0.717, 1.165) is 25.2 Å². The van der Waals surface area contributed by atoms with Crippen LogP contribution in [0.15, 0.2) is 30.5 Å². The number of nitrogen functional groups attached to an aromatic ring is 1. The van der Waals surface area contributed by atoms with Crippen LogP contribution < -0.4 is 15.4 Å². The maximum Gasteiger partial charge on any atom is 0.228 e. The van der Waals surface area contributed by atoms with Gasteiger partial charge in [-0.25, -0.2) is 4.98 Å². The van der Waals surface area contributed by atoms with E-state index in [0.29, 0.717) is 11.8 Å². The van der Waals surface area contributed by atoms with Gasteiger partial charge in [-0.1, -0.05) is 12.1 Å². The van der Waals surface area contributed by atoms with Crippen molar-refractivity contribution >= 4 is 11.6 Å². The third kappa shape index (κ3) is 2.91. The third-order valence-electron chi connectivity index (χ3n) is 3.56. The minimum Gasteiger partial charge on any atom is -0.475 e. The van der Waals surface area contributed by atoms with Crippen LogP contribution in [0, 0.1) is 0 Å². The van der Waals surface area contributed by atoms with E-state index in [1.165, 1.54) is 11.1 Å². The lowest BCUT2D eigenvalue weighted by Gasteiger charge is -2.29. The number of fused-ring (bicyclic) bond motifs is 1. The van der Waals surface area contributed by atoms with Crippen molar-refractivity contribution in [1.82, 2.24) is 9.97 Å². The number of benzene rings is 1. The number of nitrogens with two attached hydrogens (primary N) is 1. The van der Waals surface area contributed by atoms with E-state index in [-0.39, 0.29) is 6.10 Å². The first-order valence-corrected chi connectivity index (χ1v) is 7.24. The average molecular weight is 284 g/mol.